The maximum Gasteiger partial charge on any atom is 0.243 e. The summed E-state index contributed by atoms with van der Waals surface area (Å²) in [5.41, 5.74) is 0. The molecule has 0 saturated carbocycles. The molecular weight excluding hydrogens is 204 g/mol. The molecule has 3 atom stereocenters. The maximum atomic E-state index is 10.0. The standard InChI is InChI=1S/C5H8O7S/c6-1-2(7)3(8)4(9)5(10)13(11)12/h1-4,7-10H/t2-,3+,4-/m0/s1. The molecule has 0 aromatic carbocycles. The molecule has 0 spiro atoms. The number of rotatable bonds is 4. The highest BCUT2D eigenvalue weighted by Gasteiger charge is 2.28. The van der Waals surface area contributed by atoms with Gasteiger partial charge in [0.2, 0.25) is 15.3 Å². The van der Waals surface area contributed by atoms with E-state index in [2.05, 4.69) is 0 Å². The van der Waals surface area contributed by atoms with Crippen LogP contribution in [0.2, 0.25) is 0 Å². The normalized spacial score (nSPS) is 17.2. The molecule has 0 aromatic heterocycles. The molecule has 13 heavy (non-hydrogen) atoms. The summed E-state index contributed by atoms with van der Waals surface area (Å²) in [6.45, 7) is 0. The van der Waals surface area contributed by atoms with Crippen LogP contribution in [-0.4, -0.2) is 58.5 Å². The van der Waals surface area contributed by atoms with Crippen molar-refractivity contribution in [1.29, 1.82) is 0 Å². The zero-order chi connectivity index (χ0) is 10.6. The molecule has 76 valence electrons. The summed E-state index contributed by atoms with van der Waals surface area (Å²) in [6, 6.07) is 0. The average molecular weight is 212 g/mol. The predicted molar refractivity (Wildman–Crippen MR) is 40.6 cm³/mol. The molecule has 7 nitrogen and oxygen atoms in total. The fourth-order valence-corrected chi connectivity index (χ4v) is 0.849. The third kappa shape index (κ3) is 3.20. The van der Waals surface area contributed by atoms with Gasteiger partial charge < -0.3 is 25.2 Å². The number of aldehydes is 1. The SMILES string of the molecule is O=C[C@H](O)[C@@H](O)[C@H](O)C(O)=S(=O)=O. The Balaban J connectivity index is 4.71. The summed E-state index contributed by atoms with van der Waals surface area (Å²) < 4.78 is 20.1. The molecule has 0 heterocycles. The van der Waals surface area contributed by atoms with Crippen molar-refractivity contribution >= 4 is 21.6 Å². The Bertz CT molecular complexity index is 297. The average Bonchev–Trinajstić information content (AvgIpc) is 2.12. The molecule has 0 radical (unpaired) electrons. The Morgan fingerprint density at radius 3 is 2.00 bits per heavy atom. The van der Waals surface area contributed by atoms with Crippen molar-refractivity contribution in [3.8, 4) is 0 Å². The number of aliphatic hydroxyl groups is 4. The van der Waals surface area contributed by atoms with Crippen LogP contribution >= 0.6 is 0 Å². The van der Waals surface area contributed by atoms with Gasteiger partial charge in [-0.25, -0.2) is 0 Å². The quantitative estimate of drug-likeness (QED) is 0.285. The van der Waals surface area contributed by atoms with Crippen LogP contribution in [0.25, 0.3) is 0 Å². The van der Waals surface area contributed by atoms with Crippen LogP contribution < -0.4 is 0 Å². The van der Waals surface area contributed by atoms with E-state index in [-0.39, 0.29) is 6.29 Å². The fourth-order valence-electron chi connectivity index (χ4n) is 0.512. The summed E-state index contributed by atoms with van der Waals surface area (Å²) in [6.07, 6.45) is -6.34. The third-order valence-corrected chi connectivity index (χ3v) is 1.82. The van der Waals surface area contributed by atoms with Crippen LogP contribution in [-0.2, 0) is 15.1 Å². The molecule has 0 rings (SSSR count). The van der Waals surface area contributed by atoms with E-state index < -0.39 is 33.7 Å². The first-order chi connectivity index (χ1) is 5.91. The van der Waals surface area contributed by atoms with E-state index >= 15 is 0 Å². The van der Waals surface area contributed by atoms with Crippen LogP contribution in [0.3, 0.4) is 0 Å². The van der Waals surface area contributed by atoms with E-state index in [0.717, 1.165) is 0 Å². The number of carbonyl (C=O) groups is 1. The minimum atomic E-state index is -3.09. The number of carbonyl (C=O) groups excluding carboxylic acids is 1. The molecule has 0 saturated heterocycles. The van der Waals surface area contributed by atoms with Crippen molar-refractivity contribution in [2.75, 3.05) is 0 Å². The first-order valence-electron chi connectivity index (χ1n) is 3.06. The Labute approximate surface area is 74.4 Å². The Morgan fingerprint density at radius 2 is 1.69 bits per heavy atom. The monoisotopic (exact) mass is 212 g/mol. The van der Waals surface area contributed by atoms with Crippen LogP contribution in [0.4, 0.5) is 0 Å². The van der Waals surface area contributed by atoms with Gasteiger partial charge in [0.15, 0.2) is 6.29 Å². The summed E-state index contributed by atoms with van der Waals surface area (Å²) in [7, 11) is -3.09. The number of aliphatic hydroxyl groups excluding tert-OH is 4. The Kier molecular flexibility index (Phi) is 4.73. The van der Waals surface area contributed by atoms with Gasteiger partial charge in [0.1, 0.15) is 18.3 Å². The summed E-state index contributed by atoms with van der Waals surface area (Å²) in [5.74, 6) is 0. The smallest absolute Gasteiger partial charge is 0.243 e. The highest BCUT2D eigenvalue weighted by Crippen LogP contribution is 1.98. The van der Waals surface area contributed by atoms with E-state index in [0.29, 0.717) is 0 Å². The van der Waals surface area contributed by atoms with Crippen molar-refractivity contribution in [2.45, 2.75) is 18.3 Å². The second-order valence-electron chi connectivity index (χ2n) is 2.14. The van der Waals surface area contributed by atoms with Gasteiger partial charge in [0.25, 0.3) is 0 Å². The maximum absolute atomic E-state index is 10.0. The topological polar surface area (TPSA) is 132 Å². The van der Waals surface area contributed by atoms with E-state index in [1.807, 2.05) is 0 Å². The zero-order valence-corrected chi connectivity index (χ0v) is 7.05. The molecule has 8 heteroatoms. The molecule has 0 fully saturated rings. The van der Waals surface area contributed by atoms with Gasteiger partial charge in [-0.15, -0.1) is 0 Å². The zero-order valence-electron chi connectivity index (χ0n) is 6.23. The molecule has 0 aliphatic rings. The largest absolute Gasteiger partial charge is 0.387 e. The number of hydrogen-bond donors (Lipinski definition) is 4. The Morgan fingerprint density at radius 1 is 1.23 bits per heavy atom. The minimum absolute atomic E-state index is 0.102. The van der Waals surface area contributed by atoms with Gasteiger partial charge in [-0.3, -0.25) is 0 Å². The molecule has 0 aliphatic carbocycles. The predicted octanol–water partition coefficient (Wildman–Crippen LogP) is -3.17. The molecule has 0 aromatic rings. The summed E-state index contributed by atoms with van der Waals surface area (Å²) in [4.78, 5) is 9.88. The van der Waals surface area contributed by atoms with E-state index in [1.54, 1.807) is 0 Å². The van der Waals surface area contributed by atoms with Gasteiger partial charge in [-0.1, -0.05) is 0 Å². The lowest BCUT2D eigenvalue weighted by Crippen LogP contribution is -2.43. The van der Waals surface area contributed by atoms with E-state index in [9.17, 15) is 13.2 Å². The lowest BCUT2D eigenvalue weighted by Gasteiger charge is -2.16. The molecule has 0 aliphatic heterocycles. The fraction of sp³-hybridized carbons (Fsp3) is 0.600. The molecular formula is C5H8O7S. The number of hydrogen-bond acceptors (Lipinski definition) is 6. The highest BCUT2D eigenvalue weighted by atomic mass is 32.2. The second kappa shape index (κ2) is 5.04. The summed E-state index contributed by atoms with van der Waals surface area (Å²) >= 11 is 0. The molecule has 0 unspecified atom stereocenters. The lowest BCUT2D eigenvalue weighted by atomic mass is 10.1. The van der Waals surface area contributed by atoms with Gasteiger partial charge in [-0.05, 0) is 0 Å². The van der Waals surface area contributed by atoms with E-state index in [4.69, 9.17) is 20.4 Å². The van der Waals surface area contributed by atoms with E-state index in [1.165, 1.54) is 0 Å². The van der Waals surface area contributed by atoms with Crippen molar-refractivity contribution in [3.63, 3.8) is 0 Å². The van der Waals surface area contributed by atoms with Gasteiger partial charge >= 0.3 is 0 Å². The minimum Gasteiger partial charge on any atom is -0.387 e. The first-order valence-corrected chi connectivity index (χ1v) is 4.13. The highest BCUT2D eigenvalue weighted by molar-refractivity contribution is 7.72. The van der Waals surface area contributed by atoms with Crippen molar-refractivity contribution in [1.82, 2.24) is 0 Å². The first kappa shape index (κ1) is 12.2. The van der Waals surface area contributed by atoms with Gasteiger partial charge in [-0.2, -0.15) is 8.42 Å². The summed E-state index contributed by atoms with van der Waals surface area (Å²) in [5, 5.41) is 33.4. The van der Waals surface area contributed by atoms with Crippen molar-refractivity contribution in [2.24, 2.45) is 0 Å². The van der Waals surface area contributed by atoms with Crippen molar-refractivity contribution in [3.05, 3.63) is 0 Å². The molecule has 4 N–H and O–H groups in total. The molecule has 0 amide bonds. The van der Waals surface area contributed by atoms with Gasteiger partial charge in [0, 0.05) is 0 Å². The van der Waals surface area contributed by atoms with Crippen LogP contribution in [0.5, 0.6) is 0 Å². The third-order valence-electron chi connectivity index (χ3n) is 1.24. The van der Waals surface area contributed by atoms with Crippen LogP contribution in [0.15, 0.2) is 0 Å². The lowest BCUT2D eigenvalue weighted by molar-refractivity contribution is -0.123. The molecule has 0 bridgehead atoms. The van der Waals surface area contributed by atoms with Crippen LogP contribution in [0, 0.1) is 0 Å². The van der Waals surface area contributed by atoms with Crippen LogP contribution in [0.1, 0.15) is 0 Å². The van der Waals surface area contributed by atoms with Gasteiger partial charge in [0.05, 0.1) is 0 Å². The van der Waals surface area contributed by atoms with Crippen molar-refractivity contribution < 1.29 is 33.6 Å². The Hall–Kier alpha value is -0.800. The second-order valence-corrected chi connectivity index (χ2v) is 3.02.